The molecule has 8 nitrogen and oxygen atoms in total. The van der Waals surface area contributed by atoms with Gasteiger partial charge in [0.1, 0.15) is 22.1 Å². The Kier molecular flexibility index (Phi) is 8.97. The van der Waals surface area contributed by atoms with Crippen molar-refractivity contribution in [2.75, 3.05) is 25.3 Å². The lowest BCUT2D eigenvalue weighted by molar-refractivity contribution is -0.113. The van der Waals surface area contributed by atoms with E-state index in [0.29, 0.717) is 33.6 Å². The minimum absolute atomic E-state index is 0.132. The van der Waals surface area contributed by atoms with Gasteiger partial charge in [-0.3, -0.25) is 4.79 Å². The number of thioether (sulfide) groups is 1. The standard InChI is InChI=1S/C27H28N4O4S2/c1-4-31-22(15-10-18-8-6-5-7-9-18)29-30-27(31)37-17-23(32)28-25-24(26(33)35-3)21(16-36-25)19-11-13-20(34-2)14-12-19/h5-9,11-14,16H,4,10,15,17H2,1-3H3,(H,28,32). The predicted molar refractivity (Wildman–Crippen MR) is 147 cm³/mol. The number of aryl methyl sites for hydroxylation is 2. The van der Waals surface area contributed by atoms with Crippen molar-refractivity contribution in [2.45, 2.75) is 31.5 Å². The maximum atomic E-state index is 12.8. The Balaban J connectivity index is 1.43. The summed E-state index contributed by atoms with van der Waals surface area (Å²) in [4.78, 5) is 25.4. The topological polar surface area (TPSA) is 95.3 Å². The lowest BCUT2D eigenvalue weighted by Crippen LogP contribution is -2.16. The summed E-state index contributed by atoms with van der Waals surface area (Å²) in [6, 6.07) is 17.6. The van der Waals surface area contributed by atoms with E-state index in [9.17, 15) is 9.59 Å². The molecule has 1 N–H and O–H groups in total. The van der Waals surface area contributed by atoms with Crippen LogP contribution in [0.5, 0.6) is 5.75 Å². The molecule has 0 saturated carbocycles. The highest BCUT2D eigenvalue weighted by molar-refractivity contribution is 7.99. The Morgan fingerprint density at radius 2 is 1.78 bits per heavy atom. The summed E-state index contributed by atoms with van der Waals surface area (Å²) in [6.45, 7) is 2.75. The second kappa shape index (κ2) is 12.6. The number of amides is 1. The molecule has 10 heteroatoms. The highest BCUT2D eigenvalue weighted by Crippen LogP contribution is 2.37. The van der Waals surface area contributed by atoms with Crippen molar-refractivity contribution in [3.8, 4) is 16.9 Å². The number of hydrogen-bond acceptors (Lipinski definition) is 8. The molecule has 0 aliphatic heterocycles. The first kappa shape index (κ1) is 26.4. The molecule has 0 unspecified atom stereocenters. The SMILES string of the molecule is CCn1c(CCc2ccccc2)nnc1SCC(=O)Nc1scc(-c2ccc(OC)cc2)c1C(=O)OC. The highest BCUT2D eigenvalue weighted by Gasteiger charge is 2.23. The molecular formula is C27H28N4O4S2. The minimum atomic E-state index is -0.510. The van der Waals surface area contributed by atoms with E-state index in [0.717, 1.165) is 24.2 Å². The molecule has 0 spiro atoms. The van der Waals surface area contributed by atoms with Crippen LogP contribution >= 0.6 is 23.1 Å². The zero-order valence-electron chi connectivity index (χ0n) is 20.9. The number of carbonyl (C=O) groups is 2. The van der Waals surface area contributed by atoms with Crippen LogP contribution in [0.25, 0.3) is 11.1 Å². The molecule has 37 heavy (non-hydrogen) atoms. The van der Waals surface area contributed by atoms with Crippen LogP contribution in [0.2, 0.25) is 0 Å². The molecular weight excluding hydrogens is 508 g/mol. The molecule has 0 atom stereocenters. The fraction of sp³-hybridized carbons (Fsp3) is 0.259. The van der Waals surface area contributed by atoms with E-state index in [4.69, 9.17) is 9.47 Å². The molecule has 0 fully saturated rings. The molecule has 4 rings (SSSR count). The number of methoxy groups -OCH3 is 2. The third-order valence-corrected chi connectivity index (χ3v) is 7.62. The molecule has 0 bridgehead atoms. The second-order valence-electron chi connectivity index (χ2n) is 8.04. The van der Waals surface area contributed by atoms with Gasteiger partial charge >= 0.3 is 5.97 Å². The normalized spacial score (nSPS) is 10.8. The van der Waals surface area contributed by atoms with E-state index < -0.39 is 5.97 Å². The third kappa shape index (κ3) is 6.39. The van der Waals surface area contributed by atoms with Gasteiger partial charge < -0.3 is 19.4 Å². The van der Waals surface area contributed by atoms with E-state index in [1.165, 1.54) is 35.8 Å². The summed E-state index contributed by atoms with van der Waals surface area (Å²) in [5.41, 5.74) is 3.09. The van der Waals surface area contributed by atoms with Crippen molar-refractivity contribution in [3.05, 3.63) is 76.9 Å². The van der Waals surface area contributed by atoms with Crippen LogP contribution in [0.15, 0.2) is 65.1 Å². The van der Waals surface area contributed by atoms with Crippen molar-refractivity contribution in [3.63, 3.8) is 0 Å². The minimum Gasteiger partial charge on any atom is -0.497 e. The summed E-state index contributed by atoms with van der Waals surface area (Å²) in [5.74, 6) is 0.989. The first-order chi connectivity index (χ1) is 18.0. The zero-order valence-corrected chi connectivity index (χ0v) is 22.5. The van der Waals surface area contributed by atoms with Gasteiger partial charge in [0, 0.05) is 23.9 Å². The van der Waals surface area contributed by atoms with Crippen LogP contribution in [-0.2, 0) is 28.9 Å². The molecule has 4 aromatic rings. The van der Waals surface area contributed by atoms with Crippen molar-refractivity contribution in [2.24, 2.45) is 0 Å². The Morgan fingerprint density at radius 1 is 1.03 bits per heavy atom. The Bertz CT molecular complexity index is 1350. The van der Waals surface area contributed by atoms with Crippen molar-refractivity contribution < 1.29 is 19.1 Å². The molecule has 0 radical (unpaired) electrons. The summed E-state index contributed by atoms with van der Waals surface area (Å²) in [5, 5.41) is 14.5. The van der Waals surface area contributed by atoms with Gasteiger partial charge in [-0.05, 0) is 36.6 Å². The number of carbonyl (C=O) groups excluding carboxylic acids is 2. The second-order valence-corrected chi connectivity index (χ2v) is 9.86. The highest BCUT2D eigenvalue weighted by atomic mass is 32.2. The van der Waals surface area contributed by atoms with E-state index in [1.54, 1.807) is 7.11 Å². The average Bonchev–Trinajstić information content (AvgIpc) is 3.54. The molecule has 2 aromatic carbocycles. The number of benzene rings is 2. The van der Waals surface area contributed by atoms with Crippen LogP contribution in [0.1, 0.15) is 28.7 Å². The van der Waals surface area contributed by atoms with Crippen LogP contribution in [0.4, 0.5) is 5.00 Å². The number of rotatable bonds is 11. The molecule has 2 heterocycles. The van der Waals surface area contributed by atoms with Gasteiger partial charge in [-0.25, -0.2) is 4.79 Å². The molecule has 1 amide bonds. The van der Waals surface area contributed by atoms with Crippen LogP contribution in [-0.4, -0.2) is 46.6 Å². The molecule has 192 valence electrons. The first-order valence-electron chi connectivity index (χ1n) is 11.8. The quantitative estimate of drug-likeness (QED) is 0.204. The van der Waals surface area contributed by atoms with E-state index in [2.05, 4.69) is 27.6 Å². The summed E-state index contributed by atoms with van der Waals surface area (Å²) >= 11 is 2.61. The number of ether oxygens (including phenoxy) is 2. The first-order valence-corrected chi connectivity index (χ1v) is 13.6. The van der Waals surface area contributed by atoms with Gasteiger partial charge in [-0.1, -0.05) is 54.2 Å². The number of aromatic nitrogens is 3. The van der Waals surface area contributed by atoms with Gasteiger partial charge in [0.2, 0.25) is 5.91 Å². The van der Waals surface area contributed by atoms with Crippen LogP contribution in [0, 0.1) is 0 Å². The maximum absolute atomic E-state index is 12.8. The van der Waals surface area contributed by atoms with Gasteiger partial charge in [-0.15, -0.1) is 21.5 Å². The number of nitrogens with one attached hydrogen (secondary N) is 1. The fourth-order valence-electron chi connectivity index (χ4n) is 3.86. The van der Waals surface area contributed by atoms with Gasteiger partial charge in [0.05, 0.1) is 20.0 Å². The molecule has 0 saturated heterocycles. The number of anilines is 1. The molecule has 2 aromatic heterocycles. The van der Waals surface area contributed by atoms with Crippen molar-refractivity contribution >= 4 is 40.0 Å². The Labute approximate surface area is 224 Å². The summed E-state index contributed by atoms with van der Waals surface area (Å²) in [7, 11) is 2.92. The maximum Gasteiger partial charge on any atom is 0.341 e. The van der Waals surface area contributed by atoms with Crippen molar-refractivity contribution in [1.82, 2.24) is 14.8 Å². The van der Waals surface area contributed by atoms with E-state index in [1.807, 2.05) is 59.3 Å². The fourth-order valence-corrected chi connectivity index (χ4v) is 5.65. The molecule has 0 aliphatic carbocycles. The van der Waals surface area contributed by atoms with Gasteiger partial charge in [0.25, 0.3) is 0 Å². The van der Waals surface area contributed by atoms with Gasteiger partial charge in [-0.2, -0.15) is 0 Å². The number of nitrogens with zero attached hydrogens (tertiary/aromatic N) is 3. The van der Waals surface area contributed by atoms with Crippen LogP contribution < -0.4 is 10.1 Å². The number of hydrogen-bond donors (Lipinski definition) is 1. The monoisotopic (exact) mass is 536 g/mol. The predicted octanol–water partition coefficient (Wildman–Crippen LogP) is 5.34. The smallest absolute Gasteiger partial charge is 0.341 e. The number of thiophene rings is 1. The largest absolute Gasteiger partial charge is 0.497 e. The number of esters is 1. The lowest BCUT2D eigenvalue weighted by atomic mass is 10.0. The third-order valence-electron chi connectivity index (χ3n) is 5.76. The van der Waals surface area contributed by atoms with Gasteiger partial charge in [0.15, 0.2) is 5.16 Å². The molecule has 0 aliphatic rings. The van der Waals surface area contributed by atoms with E-state index in [-0.39, 0.29) is 11.7 Å². The van der Waals surface area contributed by atoms with Crippen molar-refractivity contribution in [1.29, 1.82) is 0 Å². The summed E-state index contributed by atoms with van der Waals surface area (Å²) in [6.07, 6.45) is 1.64. The summed E-state index contributed by atoms with van der Waals surface area (Å²) < 4.78 is 12.3. The zero-order chi connectivity index (χ0) is 26.2. The lowest BCUT2D eigenvalue weighted by Gasteiger charge is -2.09. The Hall–Kier alpha value is -3.63. The Morgan fingerprint density at radius 3 is 2.46 bits per heavy atom. The average molecular weight is 537 g/mol. The van der Waals surface area contributed by atoms with Crippen LogP contribution in [0.3, 0.4) is 0 Å². The van der Waals surface area contributed by atoms with E-state index >= 15 is 0 Å².